The van der Waals surface area contributed by atoms with E-state index < -0.39 is 11.9 Å². The minimum absolute atomic E-state index is 0.0399. The maximum atomic E-state index is 13.1. The Morgan fingerprint density at radius 2 is 2.27 bits per heavy atom. The molecule has 0 amide bonds. The van der Waals surface area contributed by atoms with Gasteiger partial charge in [0.1, 0.15) is 11.6 Å². The highest BCUT2D eigenvalue weighted by Crippen LogP contribution is 2.31. The number of hydrogen-bond donors (Lipinski definition) is 2. The van der Waals surface area contributed by atoms with Gasteiger partial charge in [-0.3, -0.25) is 0 Å². The standard InChI is InChI=1S/C10H13ClFNO2/c1-15-10-5-8(12)7(11)4-6(10)9(14)2-3-13/h4-5,9,14H,2-3,13H2,1H3. The normalized spacial score (nSPS) is 12.6. The molecule has 0 saturated carbocycles. The van der Waals surface area contributed by atoms with Crippen molar-refractivity contribution in [3.63, 3.8) is 0 Å². The summed E-state index contributed by atoms with van der Waals surface area (Å²) in [7, 11) is 1.40. The fraction of sp³-hybridized carbons (Fsp3) is 0.400. The number of benzene rings is 1. The number of aliphatic hydroxyl groups excluding tert-OH is 1. The number of ether oxygens (including phenoxy) is 1. The molecule has 84 valence electrons. The first-order valence-electron chi connectivity index (χ1n) is 4.51. The number of methoxy groups -OCH3 is 1. The lowest BCUT2D eigenvalue weighted by Crippen LogP contribution is -2.08. The molecular formula is C10H13ClFNO2. The van der Waals surface area contributed by atoms with E-state index in [4.69, 9.17) is 22.1 Å². The van der Waals surface area contributed by atoms with E-state index in [2.05, 4.69) is 0 Å². The van der Waals surface area contributed by atoms with Gasteiger partial charge in [-0.2, -0.15) is 0 Å². The molecule has 0 spiro atoms. The van der Waals surface area contributed by atoms with Crippen LogP contribution in [0.15, 0.2) is 12.1 Å². The molecule has 1 rings (SSSR count). The Balaban J connectivity index is 3.09. The molecule has 5 heteroatoms. The van der Waals surface area contributed by atoms with Crippen molar-refractivity contribution in [1.29, 1.82) is 0 Å². The Morgan fingerprint density at radius 1 is 1.60 bits per heavy atom. The van der Waals surface area contributed by atoms with E-state index in [9.17, 15) is 9.50 Å². The first kappa shape index (κ1) is 12.2. The molecule has 0 saturated heterocycles. The highest BCUT2D eigenvalue weighted by atomic mass is 35.5. The van der Waals surface area contributed by atoms with E-state index in [0.29, 0.717) is 18.5 Å². The van der Waals surface area contributed by atoms with Crippen LogP contribution < -0.4 is 10.5 Å². The SMILES string of the molecule is COc1cc(F)c(Cl)cc1C(O)CCN. The average Bonchev–Trinajstić information content (AvgIpc) is 2.21. The predicted octanol–water partition coefficient (Wildman–Crippen LogP) is 1.87. The van der Waals surface area contributed by atoms with Crippen molar-refractivity contribution < 1.29 is 14.2 Å². The van der Waals surface area contributed by atoms with Crippen molar-refractivity contribution in [3.8, 4) is 5.75 Å². The Morgan fingerprint density at radius 3 is 2.80 bits per heavy atom. The Bertz CT molecular complexity index is 346. The van der Waals surface area contributed by atoms with E-state index in [-0.39, 0.29) is 10.8 Å². The van der Waals surface area contributed by atoms with Crippen LogP contribution in [0, 0.1) is 5.82 Å². The lowest BCUT2D eigenvalue weighted by atomic mass is 10.1. The second kappa shape index (κ2) is 5.30. The molecular weight excluding hydrogens is 221 g/mol. The van der Waals surface area contributed by atoms with E-state index >= 15 is 0 Å². The van der Waals surface area contributed by atoms with Crippen LogP contribution in [-0.2, 0) is 0 Å². The van der Waals surface area contributed by atoms with Crippen molar-refractivity contribution in [3.05, 3.63) is 28.5 Å². The third kappa shape index (κ3) is 2.81. The molecule has 0 radical (unpaired) electrons. The molecule has 1 atom stereocenters. The molecule has 0 fully saturated rings. The van der Waals surface area contributed by atoms with E-state index in [1.807, 2.05) is 0 Å². The summed E-state index contributed by atoms with van der Waals surface area (Å²) in [4.78, 5) is 0. The van der Waals surface area contributed by atoms with Crippen LogP contribution in [0.5, 0.6) is 5.75 Å². The van der Waals surface area contributed by atoms with Crippen LogP contribution in [0.3, 0.4) is 0 Å². The van der Waals surface area contributed by atoms with Crippen LogP contribution in [0.4, 0.5) is 4.39 Å². The molecule has 0 aliphatic carbocycles. The van der Waals surface area contributed by atoms with Gasteiger partial charge in [-0.05, 0) is 19.0 Å². The molecule has 3 nitrogen and oxygen atoms in total. The third-order valence-electron chi connectivity index (χ3n) is 2.07. The lowest BCUT2D eigenvalue weighted by Gasteiger charge is -2.14. The summed E-state index contributed by atoms with van der Waals surface area (Å²) < 4.78 is 18.0. The Labute approximate surface area is 92.6 Å². The molecule has 0 aliphatic heterocycles. The van der Waals surface area contributed by atoms with Gasteiger partial charge in [0, 0.05) is 11.6 Å². The van der Waals surface area contributed by atoms with Crippen molar-refractivity contribution in [2.75, 3.05) is 13.7 Å². The zero-order valence-corrected chi connectivity index (χ0v) is 9.09. The number of halogens is 2. The minimum atomic E-state index is -0.789. The fourth-order valence-electron chi connectivity index (χ4n) is 1.29. The molecule has 0 aliphatic rings. The summed E-state index contributed by atoms with van der Waals surface area (Å²) in [5.74, 6) is -0.296. The highest BCUT2D eigenvalue weighted by molar-refractivity contribution is 6.30. The first-order chi connectivity index (χ1) is 7.10. The van der Waals surface area contributed by atoms with Crippen LogP contribution in [0.1, 0.15) is 18.1 Å². The largest absolute Gasteiger partial charge is 0.496 e. The highest BCUT2D eigenvalue weighted by Gasteiger charge is 2.15. The maximum absolute atomic E-state index is 13.1. The van der Waals surface area contributed by atoms with Gasteiger partial charge in [0.2, 0.25) is 0 Å². The van der Waals surface area contributed by atoms with Gasteiger partial charge in [-0.25, -0.2) is 4.39 Å². The summed E-state index contributed by atoms with van der Waals surface area (Å²) in [6.45, 7) is 0.333. The van der Waals surface area contributed by atoms with Crippen LogP contribution in [0.25, 0.3) is 0 Å². The number of hydrogen-bond acceptors (Lipinski definition) is 3. The van der Waals surface area contributed by atoms with Gasteiger partial charge >= 0.3 is 0 Å². The molecule has 15 heavy (non-hydrogen) atoms. The molecule has 1 aromatic carbocycles. The van der Waals surface area contributed by atoms with Crippen molar-refractivity contribution in [2.45, 2.75) is 12.5 Å². The lowest BCUT2D eigenvalue weighted by molar-refractivity contribution is 0.166. The molecule has 0 heterocycles. The zero-order chi connectivity index (χ0) is 11.4. The fourth-order valence-corrected chi connectivity index (χ4v) is 1.47. The predicted molar refractivity (Wildman–Crippen MR) is 56.6 cm³/mol. The first-order valence-corrected chi connectivity index (χ1v) is 4.89. The summed E-state index contributed by atoms with van der Waals surface area (Å²) in [5, 5.41) is 9.67. The van der Waals surface area contributed by atoms with Crippen molar-refractivity contribution in [2.24, 2.45) is 5.73 Å². The minimum Gasteiger partial charge on any atom is -0.496 e. The van der Waals surface area contributed by atoms with Crippen molar-refractivity contribution >= 4 is 11.6 Å². The van der Waals surface area contributed by atoms with Crippen LogP contribution >= 0.6 is 11.6 Å². The Hall–Kier alpha value is -0.840. The third-order valence-corrected chi connectivity index (χ3v) is 2.36. The zero-order valence-electron chi connectivity index (χ0n) is 8.34. The smallest absolute Gasteiger partial charge is 0.145 e. The van der Waals surface area contributed by atoms with E-state index in [1.54, 1.807) is 0 Å². The number of nitrogens with two attached hydrogens (primary N) is 1. The summed E-state index contributed by atoms with van der Waals surface area (Å²) in [6, 6.07) is 2.51. The Kier molecular flexibility index (Phi) is 4.32. The quantitative estimate of drug-likeness (QED) is 0.835. The molecule has 0 bridgehead atoms. The second-order valence-corrected chi connectivity index (χ2v) is 3.51. The van der Waals surface area contributed by atoms with Crippen LogP contribution in [0.2, 0.25) is 5.02 Å². The van der Waals surface area contributed by atoms with E-state index in [1.165, 1.54) is 13.2 Å². The maximum Gasteiger partial charge on any atom is 0.145 e. The molecule has 1 aromatic rings. The summed E-state index contributed by atoms with van der Waals surface area (Å²) in [6.07, 6.45) is -0.416. The van der Waals surface area contributed by atoms with Crippen molar-refractivity contribution in [1.82, 2.24) is 0 Å². The van der Waals surface area contributed by atoms with Gasteiger partial charge in [-0.15, -0.1) is 0 Å². The van der Waals surface area contributed by atoms with Gasteiger partial charge in [0.15, 0.2) is 0 Å². The van der Waals surface area contributed by atoms with Gasteiger partial charge < -0.3 is 15.6 Å². The number of rotatable bonds is 4. The summed E-state index contributed by atoms with van der Waals surface area (Å²) in [5.41, 5.74) is 5.77. The molecule has 0 aromatic heterocycles. The summed E-state index contributed by atoms with van der Waals surface area (Å²) >= 11 is 5.61. The molecule has 1 unspecified atom stereocenters. The topological polar surface area (TPSA) is 55.5 Å². The van der Waals surface area contributed by atoms with E-state index in [0.717, 1.165) is 6.07 Å². The van der Waals surface area contributed by atoms with Gasteiger partial charge in [0.25, 0.3) is 0 Å². The van der Waals surface area contributed by atoms with Gasteiger partial charge in [-0.1, -0.05) is 11.6 Å². The monoisotopic (exact) mass is 233 g/mol. The second-order valence-electron chi connectivity index (χ2n) is 3.10. The van der Waals surface area contributed by atoms with Gasteiger partial charge in [0.05, 0.1) is 18.2 Å². The number of aliphatic hydroxyl groups is 1. The van der Waals surface area contributed by atoms with Crippen LogP contribution in [-0.4, -0.2) is 18.8 Å². The average molecular weight is 234 g/mol. The molecule has 3 N–H and O–H groups in total.